The van der Waals surface area contributed by atoms with E-state index in [-0.39, 0.29) is 29.1 Å². The molecule has 19 heavy (non-hydrogen) atoms. The van der Waals surface area contributed by atoms with Gasteiger partial charge in [0, 0.05) is 23.7 Å². The first kappa shape index (κ1) is 15.0. The zero-order valence-corrected chi connectivity index (χ0v) is 13.5. The Balaban J connectivity index is 2.18. The van der Waals surface area contributed by atoms with Gasteiger partial charge in [0.25, 0.3) is 0 Å². The van der Waals surface area contributed by atoms with E-state index in [1.54, 1.807) is 4.90 Å². The van der Waals surface area contributed by atoms with Crippen LogP contribution in [0.4, 0.5) is 0 Å². The average Bonchev–Trinajstić information content (AvgIpc) is 2.47. The molecule has 1 aliphatic heterocycles. The number of carbonyl (C=O) groups is 2. The van der Waals surface area contributed by atoms with Crippen molar-refractivity contribution in [1.29, 1.82) is 0 Å². The number of likely N-dealkylation sites (tertiary alicyclic amines) is 1. The maximum atomic E-state index is 12.5. The lowest BCUT2D eigenvalue weighted by Gasteiger charge is -2.43. The van der Waals surface area contributed by atoms with Crippen LogP contribution in [0.5, 0.6) is 0 Å². The molecule has 4 heteroatoms. The number of nitrogens with zero attached hydrogens (tertiary/aromatic N) is 1. The summed E-state index contributed by atoms with van der Waals surface area (Å²) in [5, 5.41) is 0.847. The molecule has 2 bridgehead atoms. The third-order valence-electron chi connectivity index (χ3n) is 5.18. The highest BCUT2D eigenvalue weighted by Gasteiger charge is 2.45. The predicted octanol–water partition coefficient (Wildman–Crippen LogP) is 3.36. The molecule has 0 radical (unpaired) electrons. The van der Waals surface area contributed by atoms with Crippen LogP contribution >= 0.6 is 15.9 Å². The van der Waals surface area contributed by atoms with Crippen molar-refractivity contribution < 1.29 is 9.59 Å². The van der Waals surface area contributed by atoms with Gasteiger partial charge in [0.05, 0.1) is 0 Å². The van der Waals surface area contributed by atoms with E-state index in [9.17, 15) is 9.59 Å². The number of carbonyl (C=O) groups excluding carboxylic acids is 2. The van der Waals surface area contributed by atoms with Crippen LogP contribution in [0.3, 0.4) is 0 Å². The minimum atomic E-state index is 0.0386. The highest BCUT2D eigenvalue weighted by Crippen LogP contribution is 2.39. The zero-order valence-electron chi connectivity index (χ0n) is 12.0. The van der Waals surface area contributed by atoms with E-state index >= 15 is 0 Å². The third-order valence-corrected chi connectivity index (χ3v) is 6.37. The largest absolute Gasteiger partial charge is 0.282 e. The predicted molar refractivity (Wildman–Crippen MR) is 79.0 cm³/mol. The summed E-state index contributed by atoms with van der Waals surface area (Å²) in [6.07, 6.45) is 5.75. The van der Waals surface area contributed by atoms with E-state index in [4.69, 9.17) is 0 Å². The maximum absolute atomic E-state index is 12.5. The van der Waals surface area contributed by atoms with Crippen molar-refractivity contribution in [3.05, 3.63) is 0 Å². The lowest BCUT2D eigenvalue weighted by molar-refractivity contribution is -0.160. The number of hydrogen-bond donors (Lipinski definition) is 0. The second kappa shape index (κ2) is 5.94. The van der Waals surface area contributed by atoms with Gasteiger partial charge in [-0.25, -0.2) is 0 Å². The first-order chi connectivity index (χ1) is 9.06. The lowest BCUT2D eigenvalue weighted by atomic mass is 9.75. The minimum absolute atomic E-state index is 0.0386. The van der Waals surface area contributed by atoms with E-state index in [2.05, 4.69) is 29.8 Å². The van der Waals surface area contributed by atoms with Gasteiger partial charge >= 0.3 is 0 Å². The summed E-state index contributed by atoms with van der Waals surface area (Å²) in [5.74, 6) is 0.401. The van der Waals surface area contributed by atoms with Gasteiger partial charge in [-0.1, -0.05) is 36.2 Å². The molecule has 1 aliphatic carbocycles. The summed E-state index contributed by atoms with van der Waals surface area (Å²) < 4.78 is 0. The fourth-order valence-corrected chi connectivity index (χ4v) is 4.35. The van der Waals surface area contributed by atoms with E-state index in [0.29, 0.717) is 6.54 Å². The van der Waals surface area contributed by atoms with Gasteiger partial charge in [-0.2, -0.15) is 0 Å². The van der Waals surface area contributed by atoms with Crippen molar-refractivity contribution in [3.63, 3.8) is 0 Å². The summed E-state index contributed by atoms with van der Waals surface area (Å²) in [6, 6.07) is 0. The number of halogens is 1. The van der Waals surface area contributed by atoms with Gasteiger partial charge in [0.2, 0.25) is 11.8 Å². The fourth-order valence-electron chi connectivity index (χ4n) is 3.38. The van der Waals surface area contributed by atoms with Gasteiger partial charge in [0.1, 0.15) is 0 Å². The Bertz CT molecular complexity index is 335. The van der Waals surface area contributed by atoms with Crippen LogP contribution in [0.1, 0.15) is 52.4 Å². The number of piperidine rings is 1. The molecule has 1 heterocycles. The second-order valence-corrected chi connectivity index (χ2v) is 6.72. The van der Waals surface area contributed by atoms with Gasteiger partial charge in [0.15, 0.2) is 0 Å². The van der Waals surface area contributed by atoms with Crippen LogP contribution in [-0.4, -0.2) is 28.6 Å². The van der Waals surface area contributed by atoms with Crippen LogP contribution in [0, 0.1) is 17.3 Å². The van der Waals surface area contributed by atoms with Crippen molar-refractivity contribution in [3.8, 4) is 0 Å². The SMILES string of the molecule is CCC(CC)(CBr)CN1C(=O)C2CCCC(C2)C1=O. The molecule has 3 nitrogen and oxygen atoms in total. The maximum Gasteiger partial charge on any atom is 0.232 e. The summed E-state index contributed by atoms with van der Waals surface area (Å²) in [4.78, 5) is 26.5. The normalized spacial score (nSPS) is 27.8. The molecule has 0 N–H and O–H groups in total. The molecule has 2 atom stereocenters. The smallest absolute Gasteiger partial charge is 0.232 e. The van der Waals surface area contributed by atoms with Gasteiger partial charge < -0.3 is 0 Å². The number of fused-ring (bicyclic) bond motifs is 2. The van der Waals surface area contributed by atoms with E-state index in [0.717, 1.165) is 43.9 Å². The molecule has 0 aromatic heterocycles. The standard InChI is InChI=1S/C15H24BrNO2/c1-3-15(4-2,9-16)10-17-13(18)11-6-5-7-12(8-11)14(17)19/h11-12H,3-10H2,1-2H3. The molecule has 1 saturated heterocycles. The average molecular weight is 330 g/mol. The van der Waals surface area contributed by atoms with E-state index < -0.39 is 0 Å². The number of alkyl halides is 1. The van der Waals surface area contributed by atoms with Crippen LogP contribution in [0.15, 0.2) is 0 Å². The molecule has 2 unspecified atom stereocenters. The highest BCUT2D eigenvalue weighted by atomic mass is 79.9. The Morgan fingerprint density at radius 2 is 1.68 bits per heavy atom. The molecule has 108 valence electrons. The quantitative estimate of drug-likeness (QED) is 0.573. The molecule has 2 fully saturated rings. The van der Waals surface area contributed by atoms with E-state index in [1.165, 1.54) is 0 Å². The molecule has 0 aromatic rings. The van der Waals surface area contributed by atoms with Crippen molar-refractivity contribution in [2.24, 2.45) is 17.3 Å². The van der Waals surface area contributed by atoms with Crippen molar-refractivity contribution >= 4 is 27.7 Å². The van der Waals surface area contributed by atoms with Gasteiger partial charge in [-0.3, -0.25) is 14.5 Å². The van der Waals surface area contributed by atoms with E-state index in [1.807, 2.05) is 0 Å². The van der Waals surface area contributed by atoms with Crippen LogP contribution in [0.25, 0.3) is 0 Å². The third kappa shape index (κ3) is 2.74. The molecule has 2 rings (SSSR count). The van der Waals surface area contributed by atoms with Gasteiger partial charge in [-0.05, 0) is 37.5 Å². The van der Waals surface area contributed by atoms with Crippen molar-refractivity contribution in [1.82, 2.24) is 4.90 Å². The number of rotatable bonds is 5. The minimum Gasteiger partial charge on any atom is -0.282 e. The Morgan fingerprint density at radius 3 is 2.11 bits per heavy atom. The molecular formula is C15H24BrNO2. The Morgan fingerprint density at radius 1 is 1.16 bits per heavy atom. The number of amides is 2. The summed E-state index contributed by atoms with van der Waals surface area (Å²) >= 11 is 3.57. The summed E-state index contributed by atoms with van der Waals surface area (Å²) in [5.41, 5.74) is 0.0386. The van der Waals surface area contributed by atoms with Crippen LogP contribution in [0.2, 0.25) is 0 Å². The van der Waals surface area contributed by atoms with Gasteiger partial charge in [-0.15, -0.1) is 0 Å². The molecule has 2 amide bonds. The topological polar surface area (TPSA) is 37.4 Å². The van der Waals surface area contributed by atoms with Crippen LogP contribution in [-0.2, 0) is 9.59 Å². The Kier molecular flexibility index (Phi) is 4.70. The first-order valence-corrected chi connectivity index (χ1v) is 8.60. The fraction of sp³-hybridized carbons (Fsp3) is 0.867. The molecule has 1 saturated carbocycles. The number of imide groups is 1. The van der Waals surface area contributed by atoms with Crippen molar-refractivity contribution in [2.45, 2.75) is 52.4 Å². The second-order valence-electron chi connectivity index (χ2n) is 6.16. The summed E-state index contributed by atoms with van der Waals surface area (Å²) in [6.45, 7) is 4.88. The monoisotopic (exact) mass is 329 g/mol. The first-order valence-electron chi connectivity index (χ1n) is 7.48. The zero-order chi connectivity index (χ0) is 14.0. The van der Waals surface area contributed by atoms with Crippen molar-refractivity contribution in [2.75, 3.05) is 11.9 Å². The van der Waals surface area contributed by atoms with Crippen LogP contribution < -0.4 is 0 Å². The molecule has 0 spiro atoms. The lowest BCUT2D eigenvalue weighted by Crippen LogP contribution is -2.54. The Hall–Kier alpha value is -0.380. The number of hydrogen-bond acceptors (Lipinski definition) is 2. The molecule has 0 aromatic carbocycles. The summed E-state index contributed by atoms with van der Waals surface area (Å²) in [7, 11) is 0. The Labute approximate surface area is 124 Å². The molecular weight excluding hydrogens is 306 g/mol. The highest BCUT2D eigenvalue weighted by molar-refractivity contribution is 9.09. The molecule has 2 aliphatic rings.